The van der Waals surface area contributed by atoms with Crippen LogP contribution in [0.4, 0.5) is 10.2 Å². The van der Waals surface area contributed by atoms with Gasteiger partial charge in [0.2, 0.25) is 0 Å². The Morgan fingerprint density at radius 1 is 1.33 bits per heavy atom. The number of fused-ring (bicyclic) bond motifs is 1. The molecule has 132 valence electrons. The number of nitrogens with zero attached hydrogens (tertiary/aromatic N) is 3. The van der Waals surface area contributed by atoms with E-state index in [1.165, 1.54) is 12.1 Å². The lowest BCUT2D eigenvalue weighted by Gasteiger charge is -2.34. The molecule has 1 aliphatic heterocycles. The van der Waals surface area contributed by atoms with Crippen LogP contribution in [0.15, 0.2) is 18.2 Å². The molecule has 0 aliphatic carbocycles. The number of hydrogen-bond donors (Lipinski definition) is 1. The predicted molar refractivity (Wildman–Crippen MR) is 93.2 cm³/mol. The second-order valence-electron chi connectivity index (χ2n) is 5.62. The van der Waals surface area contributed by atoms with Crippen molar-refractivity contribution in [2.45, 2.75) is 13.3 Å². The van der Waals surface area contributed by atoms with E-state index >= 15 is 0 Å². The number of carbonyl (C=O) groups is 1. The largest absolute Gasteiger partial charge is 0.466 e. The van der Waals surface area contributed by atoms with E-state index in [1.54, 1.807) is 6.07 Å². The van der Waals surface area contributed by atoms with E-state index in [-0.39, 0.29) is 24.2 Å². The van der Waals surface area contributed by atoms with Crippen molar-refractivity contribution < 1.29 is 13.9 Å². The molecule has 3 rings (SSSR count). The van der Waals surface area contributed by atoms with Gasteiger partial charge in [-0.05, 0) is 25.1 Å². The first-order valence-corrected chi connectivity index (χ1v) is 7.94. The Balaban J connectivity index is 0.00000208. The number of rotatable bonds is 5. The van der Waals surface area contributed by atoms with Crippen LogP contribution in [0.25, 0.3) is 10.9 Å². The number of anilines is 1. The topological polar surface area (TPSA) is 61.5 Å². The molecule has 1 fully saturated rings. The van der Waals surface area contributed by atoms with Gasteiger partial charge in [0.15, 0.2) is 5.82 Å². The van der Waals surface area contributed by atoms with Crippen molar-refractivity contribution in [1.82, 2.24) is 15.1 Å². The monoisotopic (exact) mass is 356 g/mol. The third-order valence-electron chi connectivity index (χ3n) is 4.11. The van der Waals surface area contributed by atoms with Gasteiger partial charge < -0.3 is 9.64 Å². The molecule has 8 heteroatoms. The molecule has 0 amide bonds. The first kappa shape index (κ1) is 18.5. The van der Waals surface area contributed by atoms with Crippen LogP contribution in [-0.2, 0) is 9.53 Å². The normalized spacial score (nSPS) is 15.3. The fourth-order valence-electron chi connectivity index (χ4n) is 2.88. The summed E-state index contributed by atoms with van der Waals surface area (Å²) in [4.78, 5) is 15.9. The zero-order valence-corrected chi connectivity index (χ0v) is 14.4. The van der Waals surface area contributed by atoms with Gasteiger partial charge in [0.1, 0.15) is 5.82 Å². The Morgan fingerprint density at radius 2 is 2.08 bits per heavy atom. The van der Waals surface area contributed by atoms with E-state index in [9.17, 15) is 9.18 Å². The van der Waals surface area contributed by atoms with E-state index in [2.05, 4.69) is 20.0 Å². The highest BCUT2D eigenvalue weighted by atomic mass is 35.5. The Morgan fingerprint density at radius 3 is 2.79 bits per heavy atom. The fourth-order valence-corrected chi connectivity index (χ4v) is 2.88. The highest BCUT2D eigenvalue weighted by Crippen LogP contribution is 2.25. The van der Waals surface area contributed by atoms with Crippen LogP contribution in [-0.4, -0.2) is 60.4 Å². The number of H-pyrrole nitrogens is 1. The number of benzene rings is 1. The van der Waals surface area contributed by atoms with Crippen LogP contribution >= 0.6 is 12.4 Å². The van der Waals surface area contributed by atoms with Crippen LogP contribution in [0.5, 0.6) is 0 Å². The first-order chi connectivity index (χ1) is 11.2. The summed E-state index contributed by atoms with van der Waals surface area (Å²) in [5.41, 5.74) is 0.713. The summed E-state index contributed by atoms with van der Waals surface area (Å²) in [5, 5.41) is 8.15. The maximum atomic E-state index is 13.2. The van der Waals surface area contributed by atoms with Crippen molar-refractivity contribution in [1.29, 1.82) is 0 Å². The lowest BCUT2D eigenvalue weighted by Crippen LogP contribution is -2.47. The Bertz CT molecular complexity index is 686. The van der Waals surface area contributed by atoms with Gasteiger partial charge in [0.05, 0.1) is 18.5 Å². The van der Waals surface area contributed by atoms with E-state index in [1.807, 2.05) is 6.92 Å². The summed E-state index contributed by atoms with van der Waals surface area (Å²) < 4.78 is 18.2. The number of aromatic nitrogens is 2. The lowest BCUT2D eigenvalue weighted by atomic mass is 10.2. The van der Waals surface area contributed by atoms with E-state index in [0.717, 1.165) is 43.9 Å². The van der Waals surface area contributed by atoms with E-state index in [0.29, 0.717) is 18.5 Å². The maximum Gasteiger partial charge on any atom is 0.307 e. The van der Waals surface area contributed by atoms with Gasteiger partial charge in [0, 0.05) is 38.1 Å². The molecule has 0 spiro atoms. The predicted octanol–water partition coefficient (Wildman–Crippen LogP) is 2.20. The van der Waals surface area contributed by atoms with Crippen molar-refractivity contribution in [3.05, 3.63) is 24.0 Å². The molecule has 0 unspecified atom stereocenters. The number of carbonyl (C=O) groups excluding carboxylic acids is 1. The van der Waals surface area contributed by atoms with Crippen molar-refractivity contribution in [3.8, 4) is 0 Å². The number of halogens is 2. The number of esters is 1. The molecule has 0 bridgehead atoms. The summed E-state index contributed by atoms with van der Waals surface area (Å²) in [5.74, 6) is 0.455. The Kier molecular flexibility index (Phi) is 6.39. The van der Waals surface area contributed by atoms with Gasteiger partial charge in [-0.25, -0.2) is 4.39 Å². The molecule has 1 saturated heterocycles. The summed E-state index contributed by atoms with van der Waals surface area (Å²) >= 11 is 0. The second-order valence-corrected chi connectivity index (χ2v) is 5.62. The average Bonchev–Trinajstić information content (AvgIpc) is 2.96. The van der Waals surface area contributed by atoms with E-state index in [4.69, 9.17) is 4.74 Å². The number of hydrogen-bond acceptors (Lipinski definition) is 5. The summed E-state index contributed by atoms with van der Waals surface area (Å²) in [6.07, 6.45) is 0.429. The molecular weight excluding hydrogens is 335 g/mol. The number of ether oxygens (including phenoxy) is 1. The number of aromatic amines is 1. The molecule has 2 heterocycles. The van der Waals surface area contributed by atoms with Crippen LogP contribution in [0, 0.1) is 5.82 Å². The molecule has 1 N–H and O–H groups in total. The molecule has 0 radical (unpaired) electrons. The Hall–Kier alpha value is -1.86. The molecule has 1 aromatic heterocycles. The first-order valence-electron chi connectivity index (χ1n) is 7.94. The third kappa shape index (κ3) is 4.15. The SMILES string of the molecule is CCOC(=O)CCN1CCN(c2n[nH]c3cc(F)ccc23)CC1.Cl. The minimum Gasteiger partial charge on any atom is -0.466 e. The molecule has 6 nitrogen and oxygen atoms in total. The highest BCUT2D eigenvalue weighted by molar-refractivity contribution is 5.90. The van der Waals surface area contributed by atoms with Crippen molar-refractivity contribution >= 4 is 35.1 Å². The van der Waals surface area contributed by atoms with Gasteiger partial charge in [0.25, 0.3) is 0 Å². The quantitative estimate of drug-likeness (QED) is 0.832. The van der Waals surface area contributed by atoms with Gasteiger partial charge in [-0.2, -0.15) is 5.10 Å². The zero-order valence-electron chi connectivity index (χ0n) is 13.6. The number of piperazine rings is 1. The minimum absolute atomic E-state index is 0. The molecule has 24 heavy (non-hydrogen) atoms. The summed E-state index contributed by atoms with van der Waals surface area (Å²) in [6.45, 7) is 6.37. The fraction of sp³-hybridized carbons (Fsp3) is 0.500. The van der Waals surface area contributed by atoms with Crippen LogP contribution in [0.2, 0.25) is 0 Å². The standard InChI is InChI=1S/C16H21FN4O2.ClH/c1-2-23-15(22)5-6-20-7-9-21(10-8-20)16-13-4-3-12(17)11-14(13)18-19-16;/h3-4,11H,2,5-10H2,1H3,(H,18,19);1H. The maximum absolute atomic E-state index is 13.2. The summed E-state index contributed by atoms with van der Waals surface area (Å²) in [7, 11) is 0. The number of nitrogens with one attached hydrogen (secondary N) is 1. The van der Waals surface area contributed by atoms with Gasteiger partial charge in [-0.1, -0.05) is 0 Å². The zero-order chi connectivity index (χ0) is 16.2. The third-order valence-corrected chi connectivity index (χ3v) is 4.11. The van der Waals surface area contributed by atoms with Crippen molar-refractivity contribution in [2.75, 3.05) is 44.2 Å². The minimum atomic E-state index is -0.267. The lowest BCUT2D eigenvalue weighted by molar-refractivity contribution is -0.143. The smallest absolute Gasteiger partial charge is 0.307 e. The average molecular weight is 357 g/mol. The molecule has 0 saturated carbocycles. The van der Waals surface area contributed by atoms with Crippen molar-refractivity contribution in [3.63, 3.8) is 0 Å². The Labute approximate surface area is 146 Å². The van der Waals surface area contributed by atoms with Gasteiger partial charge in [-0.15, -0.1) is 12.4 Å². The molecule has 0 atom stereocenters. The van der Waals surface area contributed by atoms with E-state index < -0.39 is 0 Å². The molecule has 1 aliphatic rings. The van der Waals surface area contributed by atoms with Crippen molar-refractivity contribution in [2.24, 2.45) is 0 Å². The molecule has 2 aromatic rings. The second kappa shape index (κ2) is 8.30. The van der Waals surface area contributed by atoms with Crippen LogP contribution in [0.3, 0.4) is 0 Å². The van der Waals surface area contributed by atoms with Gasteiger partial charge >= 0.3 is 5.97 Å². The van der Waals surface area contributed by atoms with Gasteiger partial charge in [-0.3, -0.25) is 14.8 Å². The van der Waals surface area contributed by atoms with Crippen LogP contribution in [0.1, 0.15) is 13.3 Å². The highest BCUT2D eigenvalue weighted by Gasteiger charge is 2.21. The van der Waals surface area contributed by atoms with Crippen LogP contribution < -0.4 is 4.90 Å². The molecule has 1 aromatic carbocycles. The molecular formula is C16H22ClFN4O2. The summed E-state index contributed by atoms with van der Waals surface area (Å²) in [6, 6.07) is 4.68.